The molecular formula is C16H35N3O3. The van der Waals surface area contributed by atoms with Crippen LogP contribution in [0.3, 0.4) is 0 Å². The lowest BCUT2D eigenvalue weighted by Gasteiger charge is -2.13. The first-order valence-corrected chi connectivity index (χ1v) is 8.38. The summed E-state index contributed by atoms with van der Waals surface area (Å²) in [6.45, 7) is 12.2. The average molecular weight is 317 g/mol. The predicted molar refractivity (Wildman–Crippen MR) is 91.6 cm³/mol. The lowest BCUT2D eigenvalue weighted by molar-refractivity contribution is 0.0487. The maximum Gasteiger partial charge on any atom is 0.191 e. The molecule has 0 spiro atoms. The van der Waals surface area contributed by atoms with Crippen molar-refractivity contribution >= 4 is 5.96 Å². The second-order valence-corrected chi connectivity index (χ2v) is 5.47. The normalized spacial score (nSPS) is 12.0. The minimum atomic E-state index is 0.570. The quantitative estimate of drug-likeness (QED) is 0.290. The first-order valence-electron chi connectivity index (χ1n) is 8.38. The summed E-state index contributed by atoms with van der Waals surface area (Å²) in [6.07, 6.45) is 2.28. The van der Waals surface area contributed by atoms with Crippen molar-refractivity contribution in [3.8, 4) is 0 Å². The van der Waals surface area contributed by atoms with E-state index in [0.29, 0.717) is 32.3 Å². The number of hydrogen-bond acceptors (Lipinski definition) is 4. The Bertz CT molecular complexity index is 261. The molecule has 0 atom stereocenters. The van der Waals surface area contributed by atoms with Gasteiger partial charge in [0.25, 0.3) is 0 Å². The molecule has 0 saturated heterocycles. The number of unbranched alkanes of at least 4 members (excludes halogenated alkanes) is 1. The molecule has 0 aliphatic heterocycles. The van der Waals surface area contributed by atoms with Crippen LogP contribution in [0, 0.1) is 5.92 Å². The van der Waals surface area contributed by atoms with E-state index in [2.05, 4.69) is 36.4 Å². The van der Waals surface area contributed by atoms with Gasteiger partial charge in [-0.05, 0) is 12.3 Å². The van der Waals surface area contributed by atoms with Crippen LogP contribution in [0.15, 0.2) is 4.99 Å². The van der Waals surface area contributed by atoms with Crippen molar-refractivity contribution in [2.75, 3.05) is 59.8 Å². The van der Waals surface area contributed by atoms with E-state index in [1.165, 1.54) is 6.42 Å². The first kappa shape index (κ1) is 21.1. The Balaban J connectivity index is 3.36. The van der Waals surface area contributed by atoms with Gasteiger partial charge in [-0.25, -0.2) is 0 Å². The summed E-state index contributed by atoms with van der Waals surface area (Å²) in [7, 11) is 1.76. The number of hydrogen-bond donors (Lipinski definition) is 2. The van der Waals surface area contributed by atoms with Gasteiger partial charge in [0.05, 0.1) is 26.4 Å². The molecular weight excluding hydrogens is 282 g/mol. The minimum Gasteiger partial charge on any atom is -0.379 e. The van der Waals surface area contributed by atoms with Crippen LogP contribution >= 0.6 is 0 Å². The molecule has 0 heterocycles. The molecule has 0 amide bonds. The molecule has 0 aromatic rings. The van der Waals surface area contributed by atoms with Crippen LogP contribution in [-0.4, -0.2) is 65.7 Å². The Kier molecular flexibility index (Phi) is 15.9. The van der Waals surface area contributed by atoms with Gasteiger partial charge in [-0.15, -0.1) is 0 Å². The van der Waals surface area contributed by atoms with Crippen molar-refractivity contribution in [2.24, 2.45) is 10.9 Å². The highest BCUT2D eigenvalue weighted by Crippen LogP contribution is 1.91. The third-order valence-electron chi connectivity index (χ3n) is 2.77. The topological polar surface area (TPSA) is 64.1 Å². The van der Waals surface area contributed by atoms with Crippen LogP contribution in [-0.2, 0) is 14.2 Å². The van der Waals surface area contributed by atoms with E-state index in [1.54, 1.807) is 7.05 Å². The first-order chi connectivity index (χ1) is 10.7. The standard InChI is InChI=1S/C16H35N3O3/c1-5-6-9-20-12-13-21-10-7-18-16(17-4)19-8-11-22-14-15(2)3/h15H,5-14H2,1-4H3,(H2,17,18,19). The molecule has 0 bridgehead atoms. The van der Waals surface area contributed by atoms with E-state index in [4.69, 9.17) is 14.2 Å². The SMILES string of the molecule is CCCCOCCOCCNC(=NC)NCCOCC(C)C. The molecule has 0 fully saturated rings. The Morgan fingerprint density at radius 1 is 0.909 bits per heavy atom. The molecule has 0 aromatic carbocycles. The zero-order valence-corrected chi connectivity index (χ0v) is 14.8. The van der Waals surface area contributed by atoms with Crippen LogP contribution in [0.2, 0.25) is 0 Å². The van der Waals surface area contributed by atoms with Gasteiger partial charge < -0.3 is 24.8 Å². The zero-order valence-electron chi connectivity index (χ0n) is 14.8. The number of rotatable bonds is 14. The lowest BCUT2D eigenvalue weighted by atomic mass is 10.2. The molecule has 0 aromatic heterocycles. The molecule has 0 rings (SSSR count). The maximum atomic E-state index is 5.50. The monoisotopic (exact) mass is 317 g/mol. The van der Waals surface area contributed by atoms with Crippen LogP contribution in [0.5, 0.6) is 0 Å². The third-order valence-corrected chi connectivity index (χ3v) is 2.77. The summed E-state index contributed by atoms with van der Waals surface area (Å²) in [6, 6.07) is 0. The molecule has 0 aliphatic carbocycles. The molecule has 6 nitrogen and oxygen atoms in total. The number of aliphatic imine (C=N–C) groups is 1. The van der Waals surface area contributed by atoms with Crippen LogP contribution in [0.4, 0.5) is 0 Å². The minimum absolute atomic E-state index is 0.570. The molecule has 2 N–H and O–H groups in total. The van der Waals surface area contributed by atoms with Gasteiger partial charge in [0.15, 0.2) is 5.96 Å². The highest BCUT2D eigenvalue weighted by molar-refractivity contribution is 5.79. The molecule has 0 saturated carbocycles. The van der Waals surface area contributed by atoms with Gasteiger partial charge in [0, 0.05) is 33.4 Å². The van der Waals surface area contributed by atoms with E-state index in [9.17, 15) is 0 Å². The summed E-state index contributed by atoms with van der Waals surface area (Å²) in [5.41, 5.74) is 0. The van der Waals surface area contributed by atoms with E-state index in [0.717, 1.165) is 38.7 Å². The fourth-order valence-electron chi connectivity index (χ4n) is 1.59. The lowest BCUT2D eigenvalue weighted by Crippen LogP contribution is -2.40. The van der Waals surface area contributed by atoms with Gasteiger partial charge in [-0.2, -0.15) is 0 Å². The summed E-state index contributed by atoms with van der Waals surface area (Å²) in [4.78, 5) is 4.15. The van der Waals surface area contributed by atoms with E-state index in [1.807, 2.05) is 0 Å². The van der Waals surface area contributed by atoms with Gasteiger partial charge >= 0.3 is 0 Å². The van der Waals surface area contributed by atoms with Gasteiger partial charge in [-0.3, -0.25) is 4.99 Å². The van der Waals surface area contributed by atoms with Crippen molar-refractivity contribution in [1.29, 1.82) is 0 Å². The number of ether oxygens (including phenoxy) is 3. The largest absolute Gasteiger partial charge is 0.379 e. The number of guanidine groups is 1. The number of nitrogens with one attached hydrogen (secondary N) is 2. The fourth-order valence-corrected chi connectivity index (χ4v) is 1.59. The summed E-state index contributed by atoms with van der Waals surface area (Å²) in [5.74, 6) is 1.34. The zero-order chi connectivity index (χ0) is 16.5. The van der Waals surface area contributed by atoms with Gasteiger partial charge in [0.2, 0.25) is 0 Å². The van der Waals surface area contributed by atoms with E-state index < -0.39 is 0 Å². The van der Waals surface area contributed by atoms with Crippen LogP contribution < -0.4 is 10.6 Å². The van der Waals surface area contributed by atoms with Crippen LogP contribution in [0.1, 0.15) is 33.6 Å². The highest BCUT2D eigenvalue weighted by atomic mass is 16.5. The highest BCUT2D eigenvalue weighted by Gasteiger charge is 1.98. The molecule has 0 aliphatic rings. The Morgan fingerprint density at radius 3 is 2.05 bits per heavy atom. The Labute approximate surface area is 136 Å². The molecule has 132 valence electrons. The van der Waals surface area contributed by atoms with Crippen molar-refractivity contribution in [1.82, 2.24) is 10.6 Å². The smallest absolute Gasteiger partial charge is 0.191 e. The van der Waals surface area contributed by atoms with Crippen molar-refractivity contribution in [2.45, 2.75) is 33.6 Å². The predicted octanol–water partition coefficient (Wildman–Crippen LogP) is 1.66. The molecule has 22 heavy (non-hydrogen) atoms. The third kappa shape index (κ3) is 15.5. The van der Waals surface area contributed by atoms with E-state index in [-0.39, 0.29) is 0 Å². The van der Waals surface area contributed by atoms with Crippen LogP contribution in [0.25, 0.3) is 0 Å². The van der Waals surface area contributed by atoms with Gasteiger partial charge in [-0.1, -0.05) is 27.2 Å². The summed E-state index contributed by atoms with van der Waals surface area (Å²) < 4.78 is 16.4. The number of nitrogens with zero attached hydrogens (tertiary/aromatic N) is 1. The summed E-state index contributed by atoms with van der Waals surface area (Å²) in [5, 5.41) is 6.40. The second kappa shape index (κ2) is 16.5. The fraction of sp³-hybridized carbons (Fsp3) is 0.938. The maximum absolute atomic E-state index is 5.50. The average Bonchev–Trinajstić information content (AvgIpc) is 2.50. The van der Waals surface area contributed by atoms with Gasteiger partial charge in [0.1, 0.15) is 0 Å². The molecule has 0 unspecified atom stereocenters. The Morgan fingerprint density at radius 2 is 1.50 bits per heavy atom. The second-order valence-electron chi connectivity index (χ2n) is 5.47. The van der Waals surface area contributed by atoms with Crippen molar-refractivity contribution in [3.05, 3.63) is 0 Å². The Hall–Kier alpha value is -0.850. The molecule has 6 heteroatoms. The molecule has 0 radical (unpaired) electrons. The van der Waals surface area contributed by atoms with Crippen molar-refractivity contribution in [3.63, 3.8) is 0 Å². The van der Waals surface area contributed by atoms with E-state index >= 15 is 0 Å². The summed E-state index contributed by atoms with van der Waals surface area (Å²) >= 11 is 0. The van der Waals surface area contributed by atoms with Crippen molar-refractivity contribution < 1.29 is 14.2 Å².